The molecule has 217 valence electrons. The van der Waals surface area contributed by atoms with Crippen molar-refractivity contribution in [2.24, 2.45) is 0 Å². The molecule has 1 radical (unpaired) electrons. The van der Waals surface area contributed by atoms with Gasteiger partial charge in [-0.25, -0.2) is 4.79 Å². The molecule has 6 heteroatoms. The Morgan fingerprint density at radius 1 is 0.535 bits per heavy atom. The molecule has 0 aliphatic rings. The minimum Gasteiger partial charge on any atom is -0.497 e. The zero-order chi connectivity index (χ0) is 30.3. The summed E-state index contributed by atoms with van der Waals surface area (Å²) in [7, 11) is 6.62. The van der Waals surface area contributed by atoms with E-state index in [0.717, 1.165) is 61.8 Å². The fourth-order valence-corrected chi connectivity index (χ4v) is 5.05. The van der Waals surface area contributed by atoms with Crippen LogP contribution in [0.4, 0.5) is 0 Å². The van der Waals surface area contributed by atoms with E-state index in [9.17, 15) is 4.79 Å². The van der Waals surface area contributed by atoms with E-state index >= 15 is 0 Å². The lowest BCUT2D eigenvalue weighted by Gasteiger charge is -2.23. The van der Waals surface area contributed by atoms with Crippen LogP contribution >= 0.6 is 0 Å². The van der Waals surface area contributed by atoms with Crippen LogP contribution in [-0.4, -0.2) is 41.0 Å². The van der Waals surface area contributed by atoms with E-state index in [1.807, 2.05) is 84.9 Å². The minimum atomic E-state index is -0.361. The topological polar surface area (TPSA) is 63.2 Å². The van der Waals surface area contributed by atoms with Gasteiger partial charge in [0, 0.05) is 28.3 Å². The summed E-state index contributed by atoms with van der Waals surface area (Å²) in [6, 6.07) is 34.8. The molecule has 0 bridgehead atoms. The van der Waals surface area contributed by atoms with Crippen molar-refractivity contribution in [1.82, 2.24) is 0 Å². The zero-order valence-electron chi connectivity index (χ0n) is 24.9. The Kier molecular flexibility index (Phi) is 8.96. The van der Waals surface area contributed by atoms with Crippen molar-refractivity contribution >= 4 is 5.97 Å². The Labute approximate surface area is 252 Å². The Hall–Kier alpha value is -5.23. The normalized spacial score (nSPS) is 10.6. The molecule has 5 aromatic carbocycles. The third-order valence-corrected chi connectivity index (χ3v) is 7.23. The molecule has 0 heterocycles. The van der Waals surface area contributed by atoms with Gasteiger partial charge in [0.05, 0.1) is 40.6 Å². The third-order valence-electron chi connectivity index (χ3n) is 7.23. The van der Waals surface area contributed by atoms with Crippen LogP contribution in [0, 0.1) is 6.07 Å². The van der Waals surface area contributed by atoms with Crippen LogP contribution < -0.4 is 18.9 Å². The van der Waals surface area contributed by atoms with E-state index in [1.54, 1.807) is 47.5 Å². The largest absolute Gasteiger partial charge is 0.497 e. The predicted molar refractivity (Wildman–Crippen MR) is 169 cm³/mol. The monoisotopic (exact) mass is 573 g/mol. The maximum atomic E-state index is 12.4. The second-order valence-corrected chi connectivity index (χ2v) is 9.64. The van der Waals surface area contributed by atoms with Crippen molar-refractivity contribution in [1.29, 1.82) is 0 Å². The van der Waals surface area contributed by atoms with Crippen LogP contribution in [0.3, 0.4) is 0 Å². The van der Waals surface area contributed by atoms with Gasteiger partial charge in [-0.05, 0) is 77.7 Å². The highest BCUT2D eigenvalue weighted by atomic mass is 16.5. The van der Waals surface area contributed by atoms with Crippen LogP contribution in [0.25, 0.3) is 44.5 Å². The van der Waals surface area contributed by atoms with E-state index in [-0.39, 0.29) is 5.97 Å². The lowest BCUT2D eigenvalue weighted by molar-refractivity contribution is 0.0526. The van der Waals surface area contributed by atoms with Crippen LogP contribution in [0.5, 0.6) is 23.0 Å². The molecule has 0 fully saturated rings. The number of carbonyl (C=O) groups is 1. The molecule has 43 heavy (non-hydrogen) atoms. The fraction of sp³-hybridized carbons (Fsp3) is 0.162. The van der Waals surface area contributed by atoms with Gasteiger partial charge >= 0.3 is 5.97 Å². The van der Waals surface area contributed by atoms with Crippen molar-refractivity contribution in [2.75, 3.05) is 35.0 Å². The first-order chi connectivity index (χ1) is 21.0. The molecular formula is C37H33O6. The van der Waals surface area contributed by atoms with Gasteiger partial charge in [0.15, 0.2) is 0 Å². The van der Waals surface area contributed by atoms with Crippen molar-refractivity contribution in [3.05, 3.63) is 109 Å². The molecule has 0 aromatic heterocycles. The molecule has 5 aromatic rings. The first-order valence-electron chi connectivity index (χ1n) is 13.9. The Bertz CT molecular complexity index is 1690. The minimum absolute atomic E-state index is 0.311. The van der Waals surface area contributed by atoms with Gasteiger partial charge in [0.25, 0.3) is 0 Å². The summed E-state index contributed by atoms with van der Waals surface area (Å²) in [5, 5.41) is 0. The number of hydrogen-bond donors (Lipinski definition) is 0. The highest BCUT2D eigenvalue weighted by molar-refractivity contribution is 6.01. The molecule has 0 saturated carbocycles. The standard InChI is InChI=1S/C37H33O6/c1-6-43-37(38)28-9-7-24(8-10-28)32-23-33(25-11-17-29(39-2)18-12-25)35(27-15-21-31(41-4)22-16-27)36(42-5)34(32)26-13-19-30(40-3)20-14-26/h7-22H,6H2,1-5H3. The van der Waals surface area contributed by atoms with Crippen molar-refractivity contribution < 1.29 is 28.5 Å². The summed E-state index contributed by atoms with van der Waals surface area (Å²) >= 11 is 0. The third kappa shape index (κ3) is 6.04. The van der Waals surface area contributed by atoms with Gasteiger partial charge in [-0.15, -0.1) is 0 Å². The molecule has 5 rings (SSSR count). The molecule has 0 N–H and O–H groups in total. The number of rotatable bonds is 10. The number of methoxy groups -OCH3 is 4. The second-order valence-electron chi connectivity index (χ2n) is 9.64. The predicted octanol–water partition coefficient (Wildman–Crippen LogP) is 8.37. The first-order valence-corrected chi connectivity index (χ1v) is 13.9. The number of carbonyl (C=O) groups excluding carboxylic acids is 1. The highest BCUT2D eigenvalue weighted by Crippen LogP contribution is 2.50. The average molecular weight is 574 g/mol. The summed E-state index contributed by atoms with van der Waals surface area (Å²) in [6.45, 7) is 2.10. The van der Waals surface area contributed by atoms with Crippen molar-refractivity contribution in [3.8, 4) is 67.5 Å². The van der Waals surface area contributed by atoms with Gasteiger partial charge < -0.3 is 23.7 Å². The molecule has 0 saturated heterocycles. The fourth-order valence-electron chi connectivity index (χ4n) is 5.05. The summed E-state index contributed by atoms with van der Waals surface area (Å²) < 4.78 is 27.8. The molecule has 0 unspecified atom stereocenters. The summed E-state index contributed by atoms with van der Waals surface area (Å²) in [6.07, 6.45) is 0. The second kappa shape index (κ2) is 13.2. The summed E-state index contributed by atoms with van der Waals surface area (Å²) in [4.78, 5) is 12.4. The van der Waals surface area contributed by atoms with Crippen LogP contribution in [-0.2, 0) is 4.74 Å². The van der Waals surface area contributed by atoms with E-state index in [4.69, 9.17) is 23.7 Å². The smallest absolute Gasteiger partial charge is 0.338 e. The lowest BCUT2D eigenvalue weighted by Crippen LogP contribution is -2.04. The number of hydrogen-bond acceptors (Lipinski definition) is 6. The SMILES string of the molecule is CCOC(=O)c1ccc(-c2[c]c(-c3ccc(OC)cc3)c(-c3ccc(OC)cc3)c(OC)c2-c2ccc(OC)cc2)cc1. The Morgan fingerprint density at radius 3 is 1.26 bits per heavy atom. The van der Waals surface area contributed by atoms with E-state index in [1.165, 1.54) is 0 Å². The van der Waals surface area contributed by atoms with Gasteiger partial charge in [-0.3, -0.25) is 0 Å². The van der Waals surface area contributed by atoms with Gasteiger partial charge in [-0.2, -0.15) is 0 Å². The van der Waals surface area contributed by atoms with Crippen LogP contribution in [0.1, 0.15) is 17.3 Å². The quantitative estimate of drug-likeness (QED) is 0.156. The average Bonchev–Trinajstić information content (AvgIpc) is 3.07. The van der Waals surface area contributed by atoms with Crippen LogP contribution in [0.15, 0.2) is 97.1 Å². The zero-order valence-corrected chi connectivity index (χ0v) is 24.9. The molecular weight excluding hydrogens is 540 g/mol. The van der Waals surface area contributed by atoms with Crippen LogP contribution in [0.2, 0.25) is 0 Å². The Balaban J connectivity index is 1.84. The number of esters is 1. The molecule has 0 spiro atoms. The van der Waals surface area contributed by atoms with Crippen molar-refractivity contribution in [3.63, 3.8) is 0 Å². The highest BCUT2D eigenvalue weighted by Gasteiger charge is 2.24. The molecule has 0 aliphatic carbocycles. The summed E-state index contributed by atoms with van der Waals surface area (Å²) in [5.41, 5.74) is 7.57. The van der Waals surface area contributed by atoms with E-state index in [0.29, 0.717) is 17.9 Å². The maximum absolute atomic E-state index is 12.4. The van der Waals surface area contributed by atoms with Gasteiger partial charge in [-0.1, -0.05) is 48.5 Å². The number of ether oxygens (including phenoxy) is 5. The van der Waals surface area contributed by atoms with E-state index in [2.05, 4.69) is 6.07 Å². The van der Waals surface area contributed by atoms with Crippen molar-refractivity contribution in [2.45, 2.75) is 6.92 Å². The van der Waals surface area contributed by atoms with Gasteiger partial charge in [0.2, 0.25) is 0 Å². The molecule has 0 atom stereocenters. The number of benzene rings is 5. The molecule has 6 nitrogen and oxygen atoms in total. The van der Waals surface area contributed by atoms with E-state index < -0.39 is 0 Å². The Morgan fingerprint density at radius 2 is 0.907 bits per heavy atom. The summed E-state index contributed by atoms with van der Waals surface area (Å²) in [5.74, 6) is 2.58. The molecule has 0 aliphatic heterocycles. The molecule has 0 amide bonds. The maximum Gasteiger partial charge on any atom is 0.338 e. The lowest BCUT2D eigenvalue weighted by atomic mass is 9.84. The first kappa shape index (κ1) is 29.3. The van der Waals surface area contributed by atoms with Gasteiger partial charge in [0.1, 0.15) is 23.0 Å².